The maximum absolute atomic E-state index is 13.4. The summed E-state index contributed by atoms with van der Waals surface area (Å²) in [6.45, 7) is 2.37. The molecule has 0 atom stereocenters. The zero-order chi connectivity index (χ0) is 15.8. The largest absolute Gasteiger partial charge is 0.317 e. The van der Waals surface area contributed by atoms with Crippen molar-refractivity contribution >= 4 is 11.7 Å². The van der Waals surface area contributed by atoms with E-state index in [4.69, 9.17) is 0 Å². The summed E-state index contributed by atoms with van der Waals surface area (Å²) in [5.74, 6) is -2.50. The monoisotopic (exact) mass is 307 g/mol. The molecule has 0 aromatic heterocycles. The average Bonchev–Trinajstić information content (AvgIpc) is 2.75. The van der Waals surface area contributed by atoms with Crippen LogP contribution in [0.5, 0.6) is 0 Å². The number of nitrogens with zero attached hydrogens (tertiary/aromatic N) is 1. The molecule has 0 aliphatic carbocycles. The quantitative estimate of drug-likeness (QED) is 0.896. The molecule has 2 aliphatic rings. The van der Waals surface area contributed by atoms with Gasteiger partial charge in [0.15, 0.2) is 0 Å². The van der Waals surface area contributed by atoms with E-state index in [-0.39, 0.29) is 12.3 Å². The normalized spacial score (nSPS) is 20.9. The molecular formula is C16H19F2N3O. The molecule has 1 amide bonds. The highest BCUT2D eigenvalue weighted by molar-refractivity contribution is 6.16. The second-order valence-electron chi connectivity index (χ2n) is 6.10. The van der Waals surface area contributed by atoms with Crippen LogP contribution in [0.25, 0.3) is 0 Å². The van der Waals surface area contributed by atoms with Gasteiger partial charge in [-0.1, -0.05) is 24.3 Å². The third kappa shape index (κ3) is 2.88. The second kappa shape index (κ2) is 5.43. The van der Waals surface area contributed by atoms with E-state index in [1.54, 1.807) is 24.3 Å². The van der Waals surface area contributed by atoms with Crippen LogP contribution in [0.15, 0.2) is 29.3 Å². The first-order valence-corrected chi connectivity index (χ1v) is 7.48. The van der Waals surface area contributed by atoms with Gasteiger partial charge in [-0.25, -0.2) is 8.78 Å². The van der Waals surface area contributed by atoms with E-state index >= 15 is 0 Å². The van der Waals surface area contributed by atoms with E-state index < -0.39 is 11.5 Å². The summed E-state index contributed by atoms with van der Waals surface area (Å²) in [5, 5.41) is 6.00. The number of halogens is 2. The standard InChI is InChI=1S/C16H19F2N3O/c1-15(17,18)10-11-4-2-3-5-12(11)13-20-14(22)16(21-13)6-8-19-9-7-16/h2-5,19H,6-10H2,1H3,(H,20,21,22). The number of aliphatic imine (C=N–C) groups is 1. The number of hydrogen-bond donors (Lipinski definition) is 2. The van der Waals surface area contributed by atoms with Crippen molar-refractivity contribution in [3.63, 3.8) is 0 Å². The van der Waals surface area contributed by atoms with Crippen molar-refractivity contribution in [1.29, 1.82) is 0 Å². The summed E-state index contributed by atoms with van der Waals surface area (Å²) in [5.41, 5.74) is 0.357. The Labute approximate surface area is 128 Å². The van der Waals surface area contributed by atoms with Crippen molar-refractivity contribution in [2.24, 2.45) is 4.99 Å². The molecule has 1 aromatic rings. The Balaban J connectivity index is 1.95. The minimum Gasteiger partial charge on any atom is -0.317 e. The molecular weight excluding hydrogens is 288 g/mol. The third-order valence-electron chi connectivity index (χ3n) is 4.18. The van der Waals surface area contributed by atoms with Crippen LogP contribution in [0.2, 0.25) is 0 Å². The number of rotatable bonds is 3. The van der Waals surface area contributed by atoms with E-state index in [0.29, 0.717) is 29.8 Å². The first-order chi connectivity index (χ1) is 10.4. The summed E-state index contributed by atoms with van der Waals surface area (Å²) in [7, 11) is 0. The van der Waals surface area contributed by atoms with E-state index in [1.165, 1.54) is 0 Å². The van der Waals surface area contributed by atoms with Crippen molar-refractivity contribution in [3.05, 3.63) is 35.4 Å². The number of nitrogens with one attached hydrogen (secondary N) is 2. The Kier molecular flexibility index (Phi) is 3.72. The van der Waals surface area contributed by atoms with E-state index in [9.17, 15) is 13.6 Å². The van der Waals surface area contributed by atoms with Gasteiger partial charge >= 0.3 is 0 Å². The molecule has 3 rings (SSSR count). The number of carbonyl (C=O) groups excluding carboxylic acids is 1. The van der Waals surface area contributed by atoms with E-state index in [1.807, 2.05) is 0 Å². The van der Waals surface area contributed by atoms with Crippen molar-refractivity contribution in [2.75, 3.05) is 13.1 Å². The predicted octanol–water partition coefficient (Wildman–Crippen LogP) is 1.88. The lowest BCUT2D eigenvalue weighted by Crippen LogP contribution is -2.47. The summed E-state index contributed by atoms with van der Waals surface area (Å²) < 4.78 is 26.7. The molecule has 2 aliphatic heterocycles. The number of hydrogen-bond acceptors (Lipinski definition) is 3. The zero-order valence-corrected chi connectivity index (χ0v) is 12.5. The smallest absolute Gasteiger partial charge is 0.253 e. The van der Waals surface area contributed by atoms with Gasteiger partial charge in [0.05, 0.1) is 0 Å². The van der Waals surface area contributed by atoms with Crippen LogP contribution in [0.1, 0.15) is 30.9 Å². The molecule has 1 aromatic carbocycles. The molecule has 0 saturated carbocycles. The Morgan fingerprint density at radius 3 is 2.64 bits per heavy atom. The fraction of sp³-hybridized carbons (Fsp3) is 0.500. The van der Waals surface area contributed by atoms with Crippen LogP contribution in [0.4, 0.5) is 8.78 Å². The number of amidine groups is 1. The van der Waals surface area contributed by atoms with Crippen LogP contribution in [0, 0.1) is 0 Å². The van der Waals surface area contributed by atoms with Gasteiger partial charge in [0.2, 0.25) is 5.92 Å². The molecule has 2 heterocycles. The number of piperidine rings is 1. The van der Waals surface area contributed by atoms with Crippen molar-refractivity contribution in [2.45, 2.75) is 37.6 Å². The summed E-state index contributed by atoms with van der Waals surface area (Å²) >= 11 is 0. The molecule has 118 valence electrons. The van der Waals surface area contributed by atoms with E-state index in [2.05, 4.69) is 15.6 Å². The Hall–Kier alpha value is -1.82. The van der Waals surface area contributed by atoms with Crippen molar-refractivity contribution in [1.82, 2.24) is 10.6 Å². The van der Waals surface area contributed by atoms with Gasteiger partial charge in [0.25, 0.3) is 5.91 Å². The van der Waals surface area contributed by atoms with Crippen LogP contribution < -0.4 is 10.6 Å². The van der Waals surface area contributed by atoms with Crippen LogP contribution >= 0.6 is 0 Å². The molecule has 1 saturated heterocycles. The van der Waals surface area contributed by atoms with Gasteiger partial charge < -0.3 is 10.6 Å². The van der Waals surface area contributed by atoms with Crippen LogP contribution in [-0.2, 0) is 11.2 Å². The minimum atomic E-state index is -2.80. The third-order valence-corrected chi connectivity index (χ3v) is 4.18. The van der Waals surface area contributed by atoms with E-state index in [0.717, 1.165) is 20.0 Å². The van der Waals surface area contributed by atoms with Crippen molar-refractivity contribution in [3.8, 4) is 0 Å². The molecule has 0 radical (unpaired) electrons. The lowest BCUT2D eigenvalue weighted by molar-refractivity contribution is -0.124. The SMILES string of the molecule is CC(F)(F)Cc1ccccc1C1=NC2(CCNCC2)C(=O)N1. The van der Waals surface area contributed by atoms with Gasteiger partial charge in [-0.15, -0.1) is 0 Å². The Morgan fingerprint density at radius 2 is 1.95 bits per heavy atom. The second-order valence-corrected chi connectivity index (χ2v) is 6.10. The average molecular weight is 307 g/mol. The fourth-order valence-electron chi connectivity index (χ4n) is 3.06. The number of benzene rings is 1. The Bertz CT molecular complexity index is 616. The Morgan fingerprint density at radius 1 is 1.27 bits per heavy atom. The molecule has 0 bridgehead atoms. The highest BCUT2D eigenvalue weighted by atomic mass is 19.3. The molecule has 4 nitrogen and oxygen atoms in total. The fourth-order valence-corrected chi connectivity index (χ4v) is 3.06. The number of alkyl halides is 2. The maximum atomic E-state index is 13.4. The molecule has 1 spiro atoms. The summed E-state index contributed by atoms with van der Waals surface area (Å²) in [6, 6.07) is 6.89. The van der Waals surface area contributed by atoms with Crippen LogP contribution in [-0.4, -0.2) is 36.3 Å². The lowest BCUT2D eigenvalue weighted by Gasteiger charge is -2.28. The summed E-state index contributed by atoms with van der Waals surface area (Å²) in [4.78, 5) is 16.9. The first-order valence-electron chi connectivity index (χ1n) is 7.48. The number of amides is 1. The summed E-state index contributed by atoms with van der Waals surface area (Å²) in [6.07, 6.45) is 0.898. The minimum absolute atomic E-state index is 0.123. The topological polar surface area (TPSA) is 53.5 Å². The predicted molar refractivity (Wildman–Crippen MR) is 80.3 cm³/mol. The first kappa shape index (κ1) is 15.1. The van der Waals surface area contributed by atoms with Gasteiger partial charge in [0.1, 0.15) is 11.4 Å². The maximum Gasteiger partial charge on any atom is 0.253 e. The van der Waals surface area contributed by atoms with Gasteiger partial charge in [0, 0.05) is 12.0 Å². The lowest BCUT2D eigenvalue weighted by atomic mass is 9.89. The molecule has 2 N–H and O–H groups in total. The molecule has 22 heavy (non-hydrogen) atoms. The zero-order valence-electron chi connectivity index (χ0n) is 12.5. The van der Waals surface area contributed by atoms with Crippen LogP contribution in [0.3, 0.4) is 0 Å². The van der Waals surface area contributed by atoms with Gasteiger partial charge in [-0.3, -0.25) is 9.79 Å². The molecule has 6 heteroatoms. The van der Waals surface area contributed by atoms with Gasteiger partial charge in [-0.05, 0) is 38.4 Å². The molecule has 0 unspecified atom stereocenters. The van der Waals surface area contributed by atoms with Gasteiger partial charge in [-0.2, -0.15) is 0 Å². The molecule has 1 fully saturated rings. The highest BCUT2D eigenvalue weighted by Crippen LogP contribution is 2.30. The highest BCUT2D eigenvalue weighted by Gasteiger charge is 2.44. The number of carbonyl (C=O) groups is 1. The van der Waals surface area contributed by atoms with Crippen molar-refractivity contribution < 1.29 is 13.6 Å².